The molecule has 0 atom stereocenters. The molecule has 1 aromatic heterocycles. The fourth-order valence-corrected chi connectivity index (χ4v) is 3.31. The number of carbonyl (C=O) groups is 2. The van der Waals surface area contributed by atoms with Crippen LogP contribution < -0.4 is 10.1 Å². The molecule has 0 radical (unpaired) electrons. The van der Waals surface area contributed by atoms with Gasteiger partial charge in [0.15, 0.2) is 0 Å². The van der Waals surface area contributed by atoms with Crippen molar-refractivity contribution in [3.8, 4) is 11.4 Å². The molecule has 3 rings (SSSR count). The van der Waals surface area contributed by atoms with Crippen LogP contribution in [0.1, 0.15) is 35.7 Å². The minimum absolute atomic E-state index is 0.00859. The second-order valence-electron chi connectivity index (χ2n) is 6.49. The van der Waals surface area contributed by atoms with Gasteiger partial charge in [-0.2, -0.15) is 4.68 Å². The summed E-state index contributed by atoms with van der Waals surface area (Å²) >= 11 is 1.15. The van der Waals surface area contributed by atoms with E-state index in [9.17, 15) is 9.59 Å². The van der Waals surface area contributed by atoms with Gasteiger partial charge in [-0.1, -0.05) is 49.9 Å². The van der Waals surface area contributed by atoms with Crippen LogP contribution in [0.3, 0.4) is 0 Å². The van der Waals surface area contributed by atoms with Crippen LogP contribution in [0.15, 0.2) is 53.7 Å². The Kier molecular flexibility index (Phi) is 6.61. The lowest BCUT2D eigenvalue weighted by atomic mass is 10.0. The Labute approximate surface area is 172 Å². The molecule has 2 aromatic carbocycles. The number of nitrogens with zero attached hydrogens (tertiary/aromatic N) is 4. The topological polar surface area (TPSA) is 99.0 Å². The van der Waals surface area contributed by atoms with E-state index < -0.39 is 11.8 Å². The van der Waals surface area contributed by atoms with Crippen molar-refractivity contribution in [1.29, 1.82) is 0 Å². The smallest absolute Gasteiger partial charge is 0.261 e. The van der Waals surface area contributed by atoms with E-state index in [4.69, 9.17) is 4.74 Å². The normalized spacial score (nSPS) is 10.8. The highest BCUT2D eigenvalue weighted by atomic mass is 32.2. The minimum Gasteiger partial charge on any atom is -0.496 e. The third-order valence-electron chi connectivity index (χ3n) is 4.18. The van der Waals surface area contributed by atoms with Crippen molar-refractivity contribution in [2.45, 2.75) is 24.9 Å². The third kappa shape index (κ3) is 5.00. The molecule has 1 heterocycles. The van der Waals surface area contributed by atoms with Gasteiger partial charge in [0.05, 0.1) is 24.1 Å². The van der Waals surface area contributed by atoms with E-state index in [-0.39, 0.29) is 5.75 Å². The summed E-state index contributed by atoms with van der Waals surface area (Å²) in [7, 11) is 1.47. The molecule has 0 aliphatic heterocycles. The molecule has 9 heteroatoms. The highest BCUT2D eigenvalue weighted by Gasteiger charge is 2.16. The number of para-hydroxylation sites is 1. The number of rotatable bonds is 7. The highest BCUT2D eigenvalue weighted by Crippen LogP contribution is 2.21. The number of carbonyl (C=O) groups excluding carboxylic acids is 2. The van der Waals surface area contributed by atoms with E-state index in [0.717, 1.165) is 17.4 Å². The van der Waals surface area contributed by atoms with Gasteiger partial charge in [-0.25, -0.2) is 0 Å². The molecule has 29 heavy (non-hydrogen) atoms. The van der Waals surface area contributed by atoms with Gasteiger partial charge in [0.2, 0.25) is 11.1 Å². The Balaban J connectivity index is 1.63. The van der Waals surface area contributed by atoms with Gasteiger partial charge in [0.25, 0.3) is 5.91 Å². The monoisotopic (exact) mass is 411 g/mol. The van der Waals surface area contributed by atoms with Crippen LogP contribution in [0.25, 0.3) is 5.69 Å². The molecule has 3 aromatic rings. The van der Waals surface area contributed by atoms with Crippen molar-refractivity contribution < 1.29 is 14.3 Å². The summed E-state index contributed by atoms with van der Waals surface area (Å²) < 4.78 is 6.71. The largest absolute Gasteiger partial charge is 0.496 e. The second-order valence-corrected chi connectivity index (χ2v) is 7.43. The predicted molar refractivity (Wildman–Crippen MR) is 109 cm³/mol. The van der Waals surface area contributed by atoms with Crippen molar-refractivity contribution in [2.75, 3.05) is 12.9 Å². The number of amides is 2. The first-order valence-electron chi connectivity index (χ1n) is 8.98. The van der Waals surface area contributed by atoms with E-state index >= 15 is 0 Å². The van der Waals surface area contributed by atoms with Crippen molar-refractivity contribution in [3.63, 3.8) is 0 Å². The summed E-state index contributed by atoms with van der Waals surface area (Å²) in [5.74, 6) is -0.145. The van der Waals surface area contributed by atoms with Gasteiger partial charge in [-0.05, 0) is 46.2 Å². The van der Waals surface area contributed by atoms with E-state index in [1.807, 2.05) is 24.3 Å². The number of tetrazole rings is 1. The number of aromatic nitrogens is 4. The Morgan fingerprint density at radius 1 is 1.14 bits per heavy atom. The molecule has 8 nitrogen and oxygen atoms in total. The van der Waals surface area contributed by atoms with Gasteiger partial charge in [-0.3, -0.25) is 14.9 Å². The lowest BCUT2D eigenvalue weighted by Crippen LogP contribution is -2.32. The molecule has 0 fully saturated rings. The van der Waals surface area contributed by atoms with Crippen molar-refractivity contribution in [3.05, 3.63) is 59.7 Å². The zero-order chi connectivity index (χ0) is 20.8. The molecule has 0 unspecified atom stereocenters. The SMILES string of the molecule is COc1ccccc1C(=O)NC(=O)CSc1nnnn1-c1ccc(C(C)C)cc1. The molecule has 0 aliphatic rings. The Hall–Kier alpha value is -3.20. The number of hydrogen-bond acceptors (Lipinski definition) is 7. The van der Waals surface area contributed by atoms with Crippen LogP contribution in [0, 0.1) is 0 Å². The summed E-state index contributed by atoms with van der Waals surface area (Å²) in [6, 6.07) is 14.6. The average Bonchev–Trinajstić information content (AvgIpc) is 3.20. The summed E-state index contributed by atoms with van der Waals surface area (Å²) in [5.41, 5.74) is 2.31. The lowest BCUT2D eigenvalue weighted by molar-refractivity contribution is -0.117. The maximum atomic E-state index is 12.3. The van der Waals surface area contributed by atoms with Crippen LogP contribution >= 0.6 is 11.8 Å². The van der Waals surface area contributed by atoms with Crippen LogP contribution in [0.2, 0.25) is 0 Å². The number of imide groups is 1. The maximum Gasteiger partial charge on any atom is 0.261 e. The number of methoxy groups -OCH3 is 1. The van der Waals surface area contributed by atoms with Gasteiger partial charge < -0.3 is 4.74 Å². The molecule has 1 N–H and O–H groups in total. The molecule has 150 valence electrons. The summed E-state index contributed by atoms with van der Waals surface area (Å²) in [6.45, 7) is 4.25. The van der Waals surface area contributed by atoms with E-state index in [2.05, 4.69) is 34.7 Å². The first-order valence-corrected chi connectivity index (χ1v) is 9.97. The number of benzene rings is 2. The maximum absolute atomic E-state index is 12.3. The summed E-state index contributed by atoms with van der Waals surface area (Å²) in [4.78, 5) is 24.5. The highest BCUT2D eigenvalue weighted by molar-refractivity contribution is 7.99. The summed E-state index contributed by atoms with van der Waals surface area (Å²) in [5, 5.41) is 14.5. The van der Waals surface area contributed by atoms with Crippen LogP contribution in [0.5, 0.6) is 5.75 Å². The predicted octanol–water partition coefficient (Wildman–Crippen LogP) is 2.84. The molecule has 0 saturated carbocycles. The fourth-order valence-electron chi connectivity index (χ4n) is 2.62. The van der Waals surface area contributed by atoms with Crippen molar-refractivity contribution in [1.82, 2.24) is 25.5 Å². The fraction of sp³-hybridized carbons (Fsp3) is 0.250. The van der Waals surface area contributed by atoms with Crippen molar-refractivity contribution in [2.24, 2.45) is 0 Å². The number of hydrogen-bond donors (Lipinski definition) is 1. The molecule has 0 saturated heterocycles. The average molecular weight is 411 g/mol. The quantitative estimate of drug-likeness (QED) is 0.597. The number of thioether (sulfide) groups is 1. The van der Waals surface area contributed by atoms with E-state index in [1.165, 1.54) is 12.7 Å². The minimum atomic E-state index is -0.517. The first kappa shape index (κ1) is 20.5. The molecule has 0 spiro atoms. The molecule has 0 bridgehead atoms. The molecular formula is C20H21N5O3S. The Morgan fingerprint density at radius 2 is 1.86 bits per heavy atom. The zero-order valence-corrected chi connectivity index (χ0v) is 17.1. The third-order valence-corrected chi connectivity index (χ3v) is 5.10. The standard InChI is InChI=1S/C20H21N5O3S/c1-13(2)14-8-10-15(11-9-14)25-20(22-23-24-25)29-12-18(26)21-19(27)16-6-4-5-7-17(16)28-3/h4-11,13H,12H2,1-3H3,(H,21,26,27). The van der Waals surface area contributed by atoms with Gasteiger partial charge >= 0.3 is 0 Å². The lowest BCUT2D eigenvalue weighted by Gasteiger charge is -2.09. The number of ether oxygens (including phenoxy) is 1. The Bertz CT molecular complexity index is 1000. The Morgan fingerprint density at radius 3 is 2.55 bits per heavy atom. The van der Waals surface area contributed by atoms with Crippen LogP contribution in [0.4, 0.5) is 0 Å². The van der Waals surface area contributed by atoms with Gasteiger partial charge in [-0.15, -0.1) is 5.10 Å². The second kappa shape index (κ2) is 9.33. The summed E-state index contributed by atoms with van der Waals surface area (Å²) in [6.07, 6.45) is 0. The van der Waals surface area contributed by atoms with E-state index in [1.54, 1.807) is 28.9 Å². The van der Waals surface area contributed by atoms with Crippen LogP contribution in [-0.2, 0) is 4.79 Å². The van der Waals surface area contributed by atoms with E-state index in [0.29, 0.717) is 22.4 Å². The van der Waals surface area contributed by atoms with Crippen molar-refractivity contribution >= 4 is 23.6 Å². The molecule has 2 amide bonds. The van der Waals surface area contributed by atoms with Gasteiger partial charge in [0.1, 0.15) is 5.75 Å². The zero-order valence-electron chi connectivity index (χ0n) is 16.3. The first-order chi connectivity index (χ1) is 14.0. The molecule has 0 aliphatic carbocycles. The number of nitrogens with one attached hydrogen (secondary N) is 1. The van der Waals surface area contributed by atoms with Crippen LogP contribution in [-0.4, -0.2) is 44.9 Å². The van der Waals surface area contributed by atoms with Gasteiger partial charge in [0, 0.05) is 0 Å². The molecular weight excluding hydrogens is 390 g/mol.